The van der Waals surface area contributed by atoms with Crippen LogP contribution in [0.4, 0.5) is 11.4 Å². The lowest BCUT2D eigenvalue weighted by molar-refractivity contribution is 0.403. The van der Waals surface area contributed by atoms with Gasteiger partial charge in [-0.15, -0.1) is 5.11 Å². The van der Waals surface area contributed by atoms with Crippen molar-refractivity contribution in [2.75, 3.05) is 0 Å². The molecule has 0 aliphatic rings. The number of rotatable bonds is 3. The van der Waals surface area contributed by atoms with Crippen LogP contribution >= 0.6 is 11.6 Å². The highest BCUT2D eigenvalue weighted by molar-refractivity contribution is 6.34. The molecule has 0 aliphatic carbocycles. The maximum absolute atomic E-state index is 10.5. The van der Waals surface area contributed by atoms with E-state index in [0.717, 1.165) is 10.8 Å². The van der Waals surface area contributed by atoms with Gasteiger partial charge in [0.1, 0.15) is 5.02 Å². The zero-order valence-corrected chi connectivity index (χ0v) is 14.3. The highest BCUT2D eigenvalue weighted by Gasteiger charge is 2.22. The van der Waals surface area contributed by atoms with Gasteiger partial charge in [0, 0.05) is 0 Å². The predicted octanol–water partition coefficient (Wildman–Crippen LogP) is 6.11. The topological polar surface area (TPSA) is 70.1 Å². The molecule has 4 rings (SSSR count). The van der Waals surface area contributed by atoms with Gasteiger partial charge in [0.2, 0.25) is 11.8 Å². The number of hydrogen-bond acceptors (Lipinski definition) is 4. The minimum atomic E-state index is -0.289. The zero-order chi connectivity index (χ0) is 18.1. The van der Waals surface area contributed by atoms with E-state index in [1.807, 2.05) is 48.5 Å². The first-order valence-corrected chi connectivity index (χ1v) is 8.31. The van der Waals surface area contributed by atoms with Gasteiger partial charge in [0.25, 0.3) is 0 Å². The molecule has 0 spiro atoms. The number of azo groups is 1. The number of halogens is 1. The van der Waals surface area contributed by atoms with Gasteiger partial charge in [-0.25, -0.2) is 4.57 Å². The summed E-state index contributed by atoms with van der Waals surface area (Å²) in [5, 5.41) is 31.0. The van der Waals surface area contributed by atoms with Crippen LogP contribution in [0.3, 0.4) is 0 Å². The van der Waals surface area contributed by atoms with Gasteiger partial charge < -0.3 is 10.2 Å². The Balaban J connectivity index is 1.75. The molecule has 0 saturated heterocycles. The maximum Gasteiger partial charge on any atom is 0.228 e. The average Bonchev–Trinajstić information content (AvgIpc) is 2.89. The fourth-order valence-electron chi connectivity index (χ4n) is 2.77. The number of para-hydroxylation sites is 1. The molecule has 0 radical (unpaired) electrons. The minimum Gasteiger partial charge on any atom is -0.493 e. The van der Waals surface area contributed by atoms with E-state index in [-0.39, 0.29) is 22.5 Å². The molecule has 26 heavy (non-hydrogen) atoms. The lowest BCUT2D eigenvalue weighted by atomic mass is 10.1. The molecule has 0 amide bonds. The van der Waals surface area contributed by atoms with Gasteiger partial charge in [-0.2, -0.15) is 5.11 Å². The van der Waals surface area contributed by atoms with Crippen LogP contribution in [-0.2, 0) is 0 Å². The van der Waals surface area contributed by atoms with Crippen molar-refractivity contribution in [3.8, 4) is 17.4 Å². The molecule has 1 aromatic heterocycles. The third-order valence-electron chi connectivity index (χ3n) is 4.05. The SMILES string of the molecule is Oc1c(Cl)c(N=Nc2ccc3ccccc3c2)c(O)n1-c1ccccc1. The normalized spacial score (nSPS) is 11.4. The molecular formula is C20H14ClN3O2. The molecule has 0 atom stereocenters. The van der Waals surface area contributed by atoms with Crippen LogP contribution in [0.2, 0.25) is 5.02 Å². The number of benzene rings is 3. The van der Waals surface area contributed by atoms with Crippen molar-refractivity contribution in [2.24, 2.45) is 10.2 Å². The Morgan fingerprint density at radius 3 is 2.19 bits per heavy atom. The molecule has 4 aromatic rings. The summed E-state index contributed by atoms with van der Waals surface area (Å²) in [4.78, 5) is 0. The molecule has 0 aliphatic heterocycles. The Bertz CT molecular complexity index is 1120. The van der Waals surface area contributed by atoms with Crippen molar-refractivity contribution < 1.29 is 10.2 Å². The number of fused-ring (bicyclic) bond motifs is 1. The molecule has 0 saturated carbocycles. The van der Waals surface area contributed by atoms with Crippen molar-refractivity contribution in [1.82, 2.24) is 4.57 Å². The van der Waals surface area contributed by atoms with Gasteiger partial charge in [-0.3, -0.25) is 0 Å². The molecule has 6 heteroatoms. The third-order valence-corrected chi connectivity index (χ3v) is 4.40. The molecule has 2 N–H and O–H groups in total. The van der Waals surface area contributed by atoms with Crippen molar-refractivity contribution in [3.63, 3.8) is 0 Å². The highest BCUT2D eigenvalue weighted by Crippen LogP contribution is 2.46. The van der Waals surface area contributed by atoms with Crippen LogP contribution in [0, 0.1) is 0 Å². The second-order valence-corrected chi connectivity index (χ2v) is 6.09. The van der Waals surface area contributed by atoms with E-state index < -0.39 is 0 Å². The first kappa shape index (κ1) is 16.2. The quantitative estimate of drug-likeness (QED) is 0.431. The molecule has 3 aromatic carbocycles. The molecule has 0 unspecified atom stereocenters. The van der Waals surface area contributed by atoms with Gasteiger partial charge in [0.05, 0.1) is 11.4 Å². The van der Waals surface area contributed by atoms with Gasteiger partial charge in [-0.05, 0) is 35.0 Å². The number of nitrogens with zero attached hydrogens (tertiary/aromatic N) is 3. The van der Waals surface area contributed by atoms with Crippen LogP contribution in [0.15, 0.2) is 83.0 Å². The average molecular weight is 364 g/mol. The van der Waals surface area contributed by atoms with E-state index in [0.29, 0.717) is 11.4 Å². The summed E-state index contributed by atoms with van der Waals surface area (Å²) in [6.45, 7) is 0. The van der Waals surface area contributed by atoms with E-state index in [1.54, 1.807) is 24.3 Å². The van der Waals surface area contributed by atoms with Gasteiger partial charge in [0.15, 0.2) is 5.69 Å². The summed E-state index contributed by atoms with van der Waals surface area (Å²) in [5.74, 6) is -0.564. The summed E-state index contributed by atoms with van der Waals surface area (Å²) in [5.41, 5.74) is 1.20. The first-order chi connectivity index (χ1) is 12.6. The molecule has 5 nitrogen and oxygen atoms in total. The molecule has 0 bridgehead atoms. The Hall–Kier alpha value is -3.31. The van der Waals surface area contributed by atoms with Crippen LogP contribution in [0.25, 0.3) is 16.5 Å². The Labute approximate surface area is 154 Å². The predicted molar refractivity (Wildman–Crippen MR) is 102 cm³/mol. The van der Waals surface area contributed by atoms with Crippen molar-refractivity contribution in [2.45, 2.75) is 0 Å². The largest absolute Gasteiger partial charge is 0.493 e. The number of hydrogen-bond donors (Lipinski definition) is 2. The molecule has 1 heterocycles. The number of aromatic nitrogens is 1. The summed E-state index contributed by atoms with van der Waals surface area (Å²) < 4.78 is 1.22. The van der Waals surface area contributed by atoms with E-state index in [4.69, 9.17) is 11.6 Å². The summed E-state index contributed by atoms with van der Waals surface area (Å²) in [7, 11) is 0. The Morgan fingerprint density at radius 1 is 0.731 bits per heavy atom. The van der Waals surface area contributed by atoms with Crippen LogP contribution < -0.4 is 0 Å². The molecular weight excluding hydrogens is 350 g/mol. The smallest absolute Gasteiger partial charge is 0.228 e. The summed E-state index contributed by atoms with van der Waals surface area (Å²) >= 11 is 6.15. The summed E-state index contributed by atoms with van der Waals surface area (Å²) in [6, 6.07) is 22.5. The van der Waals surface area contributed by atoms with Crippen molar-refractivity contribution in [1.29, 1.82) is 0 Å². The second-order valence-electron chi connectivity index (χ2n) is 5.71. The third kappa shape index (κ3) is 2.78. The molecule has 128 valence electrons. The highest BCUT2D eigenvalue weighted by atomic mass is 35.5. The maximum atomic E-state index is 10.5. The standard InChI is InChI=1S/C20H14ClN3O2/c21-17-18(20(26)24(19(17)25)16-8-2-1-3-9-16)23-22-15-11-10-13-6-4-5-7-14(13)12-15/h1-12,25-26H. The van der Waals surface area contributed by atoms with E-state index in [9.17, 15) is 10.2 Å². The fourth-order valence-corrected chi connectivity index (χ4v) is 2.97. The van der Waals surface area contributed by atoms with E-state index >= 15 is 0 Å². The summed E-state index contributed by atoms with van der Waals surface area (Å²) in [6.07, 6.45) is 0. The Kier molecular flexibility index (Phi) is 4.07. The lowest BCUT2D eigenvalue weighted by Crippen LogP contribution is -1.91. The lowest BCUT2D eigenvalue weighted by Gasteiger charge is -2.05. The van der Waals surface area contributed by atoms with Crippen LogP contribution in [0.1, 0.15) is 0 Å². The second kappa shape index (κ2) is 6.54. The van der Waals surface area contributed by atoms with Crippen LogP contribution in [-0.4, -0.2) is 14.8 Å². The van der Waals surface area contributed by atoms with E-state index in [2.05, 4.69) is 10.2 Å². The van der Waals surface area contributed by atoms with Crippen molar-refractivity contribution >= 4 is 33.7 Å². The van der Waals surface area contributed by atoms with Crippen LogP contribution in [0.5, 0.6) is 11.8 Å². The van der Waals surface area contributed by atoms with Gasteiger partial charge in [-0.1, -0.05) is 60.1 Å². The Morgan fingerprint density at radius 2 is 1.42 bits per heavy atom. The first-order valence-electron chi connectivity index (χ1n) is 7.93. The number of aromatic hydroxyl groups is 2. The van der Waals surface area contributed by atoms with Crippen molar-refractivity contribution in [3.05, 3.63) is 77.8 Å². The van der Waals surface area contributed by atoms with Gasteiger partial charge >= 0.3 is 0 Å². The monoisotopic (exact) mass is 363 g/mol. The molecule has 0 fully saturated rings. The minimum absolute atomic E-state index is 0.0150. The fraction of sp³-hybridized carbons (Fsp3) is 0. The zero-order valence-electron chi connectivity index (χ0n) is 13.5. The van der Waals surface area contributed by atoms with E-state index in [1.165, 1.54) is 4.57 Å².